The van der Waals surface area contributed by atoms with Crippen LogP contribution in [0.2, 0.25) is 0 Å². The van der Waals surface area contributed by atoms with E-state index in [0.717, 1.165) is 112 Å². The predicted octanol–water partition coefficient (Wildman–Crippen LogP) is 30.7. The zero-order valence-corrected chi connectivity index (χ0v) is 75.2. The van der Waals surface area contributed by atoms with Gasteiger partial charge in [-0.05, 0) is 113 Å². The van der Waals surface area contributed by atoms with Crippen molar-refractivity contribution in [2.45, 2.75) is 79.1 Å². The van der Waals surface area contributed by atoms with E-state index >= 15 is 0 Å². The van der Waals surface area contributed by atoms with Crippen molar-refractivity contribution in [2.24, 2.45) is 0 Å². The lowest BCUT2D eigenvalue weighted by molar-refractivity contribution is 0.766. The molecule has 0 amide bonds. The minimum absolute atomic E-state index is 0.187. The molecule has 12 heteroatoms. The number of nitrogens with zero attached hydrogens (tertiary/aromatic N) is 12. The summed E-state index contributed by atoms with van der Waals surface area (Å²) in [6.07, 6.45) is 0. The smallest absolute Gasteiger partial charge is 0.164 e. The lowest BCUT2D eigenvalue weighted by Crippen LogP contribution is -2.05. The molecule has 0 N–H and O–H groups in total. The molecule has 4 aromatic heterocycles. The van der Waals surface area contributed by atoms with Crippen LogP contribution >= 0.6 is 0 Å². The third-order valence-electron chi connectivity index (χ3n) is 22.6. The summed E-state index contributed by atoms with van der Waals surface area (Å²) in [6.45, 7) is 16.9. The lowest BCUT2D eigenvalue weighted by atomic mass is 9.99. The van der Waals surface area contributed by atoms with Gasteiger partial charge in [-0.3, -0.25) is 0 Å². The van der Waals surface area contributed by atoms with Gasteiger partial charge in [0.2, 0.25) is 0 Å². The number of aromatic nitrogens is 12. The highest BCUT2D eigenvalue weighted by Crippen LogP contribution is 2.38. The molecule has 4 heterocycles. The summed E-state index contributed by atoms with van der Waals surface area (Å²) in [7, 11) is 0. The van der Waals surface area contributed by atoms with Gasteiger partial charge in [0.1, 0.15) is 23.3 Å². The predicted molar refractivity (Wildman–Crippen MR) is 543 cm³/mol. The lowest BCUT2D eigenvalue weighted by Gasteiger charge is -2.13. The normalized spacial score (nSPS) is 11.0. The van der Waals surface area contributed by atoms with Crippen molar-refractivity contribution in [2.75, 3.05) is 0 Å². The Morgan fingerprint density at radius 2 is 0.265 bits per heavy atom. The molecule has 132 heavy (non-hydrogen) atoms. The average molecular weight is 1710 g/mol. The van der Waals surface area contributed by atoms with Crippen molar-refractivity contribution < 1.29 is 0 Å². The largest absolute Gasteiger partial charge is 0.213 e. The summed E-state index contributed by atoms with van der Waals surface area (Å²) >= 11 is 0. The fraction of sp³-hybridized carbons (Fsp3) is 0.100. The molecule has 0 spiro atoms. The van der Waals surface area contributed by atoms with Crippen LogP contribution in [0.15, 0.2) is 437 Å². The molecule has 0 unspecified atom stereocenters. The first-order chi connectivity index (χ1) is 64.7. The molecule has 0 aliphatic carbocycles. The Bertz CT molecular complexity index is 7110. The van der Waals surface area contributed by atoms with E-state index in [1.54, 1.807) is 0 Å². The Kier molecular flexibility index (Phi) is 27.9. The summed E-state index contributed by atoms with van der Waals surface area (Å²) in [5, 5.41) is 0. The third-order valence-corrected chi connectivity index (χ3v) is 22.6. The highest BCUT2D eigenvalue weighted by molar-refractivity contribution is 5.84. The van der Waals surface area contributed by atoms with Crippen molar-refractivity contribution in [3.63, 3.8) is 0 Å². The van der Waals surface area contributed by atoms with Gasteiger partial charge in [-0.25, -0.2) is 59.8 Å². The van der Waals surface area contributed by atoms with E-state index in [1.807, 2.05) is 60.7 Å². The Balaban J connectivity index is 0.000000123. The Hall–Kier alpha value is -16.4. The second-order valence-corrected chi connectivity index (χ2v) is 33.5. The van der Waals surface area contributed by atoms with Crippen molar-refractivity contribution in [1.29, 1.82) is 0 Å². The molecule has 0 radical (unpaired) electrons. The van der Waals surface area contributed by atoms with Gasteiger partial charge in [-0.15, -0.1) is 0 Å². The second kappa shape index (κ2) is 42.0. The molecule has 20 aromatic rings. The van der Waals surface area contributed by atoms with E-state index in [1.165, 1.54) is 44.5 Å². The van der Waals surface area contributed by atoms with Crippen LogP contribution in [-0.4, -0.2) is 59.8 Å². The summed E-state index contributed by atoms with van der Waals surface area (Å²) in [5.41, 5.74) is 26.5. The first-order valence-electron chi connectivity index (χ1n) is 45.0. The fourth-order valence-electron chi connectivity index (χ4n) is 15.5. The molecular formula is C120H100N12. The van der Waals surface area contributed by atoms with E-state index < -0.39 is 0 Å². The minimum Gasteiger partial charge on any atom is -0.213 e. The molecule has 0 aliphatic heterocycles. The van der Waals surface area contributed by atoms with Crippen LogP contribution in [0.5, 0.6) is 0 Å². The van der Waals surface area contributed by atoms with Crippen LogP contribution in [0.25, 0.3) is 180 Å². The van der Waals surface area contributed by atoms with Crippen molar-refractivity contribution in [3.05, 3.63) is 460 Å². The summed E-state index contributed by atoms with van der Waals surface area (Å²) in [4.78, 5) is 58.3. The van der Waals surface area contributed by atoms with E-state index in [2.05, 4.69) is 432 Å². The van der Waals surface area contributed by atoms with Crippen molar-refractivity contribution >= 4 is 0 Å². The SMILES string of the molecule is CC(C)c1nc(-c2ccc(-c3ccccc3)cc2)nc(-c2cccc(-c3ccccc3)c2)n1.CC(C)c1nc(-c2ccc(-c3ccccc3)cc2)nc(-c2ccccc2-c2ccccc2)n1.CC(C)c1nc(-c2cccc(-c3ccccc3)c2)nc(-c2cccc(-c3ccccc3)c2)n1.CC(C)c1nc(-c2cccc(-c3ccccc3)c2)nc(-c2ccccc2-c2ccccc2)n1. The van der Waals surface area contributed by atoms with Crippen molar-refractivity contribution in [3.8, 4) is 180 Å². The second-order valence-electron chi connectivity index (χ2n) is 33.5. The van der Waals surface area contributed by atoms with E-state index in [0.29, 0.717) is 46.6 Å². The summed E-state index contributed by atoms with van der Waals surface area (Å²) < 4.78 is 0. The molecule has 0 saturated carbocycles. The maximum atomic E-state index is 4.96. The highest BCUT2D eigenvalue weighted by atomic mass is 15.1. The maximum Gasteiger partial charge on any atom is 0.164 e. The van der Waals surface area contributed by atoms with E-state index in [9.17, 15) is 0 Å². The Labute approximate surface area is 774 Å². The van der Waals surface area contributed by atoms with Gasteiger partial charge < -0.3 is 0 Å². The number of benzene rings is 16. The minimum atomic E-state index is 0.187. The highest BCUT2D eigenvalue weighted by Gasteiger charge is 2.22. The van der Waals surface area contributed by atoms with Crippen LogP contribution in [0.3, 0.4) is 0 Å². The zero-order valence-electron chi connectivity index (χ0n) is 75.2. The fourth-order valence-corrected chi connectivity index (χ4v) is 15.5. The van der Waals surface area contributed by atoms with Gasteiger partial charge in [0.15, 0.2) is 46.6 Å². The molecule has 0 aliphatic rings. The molecular weight excluding hydrogens is 1610 g/mol. The van der Waals surface area contributed by atoms with Crippen LogP contribution in [0, 0.1) is 0 Å². The molecule has 0 atom stereocenters. The van der Waals surface area contributed by atoms with Gasteiger partial charge in [0.05, 0.1) is 0 Å². The first-order valence-corrected chi connectivity index (χ1v) is 45.0. The quantitative estimate of drug-likeness (QED) is 0.0713. The summed E-state index contributed by atoms with van der Waals surface area (Å²) in [6, 6.07) is 150. The van der Waals surface area contributed by atoms with Crippen LogP contribution in [-0.2, 0) is 0 Å². The molecule has 640 valence electrons. The first kappa shape index (κ1) is 87.6. The molecule has 0 saturated heterocycles. The molecule has 16 aromatic carbocycles. The van der Waals surface area contributed by atoms with E-state index in [-0.39, 0.29) is 23.7 Å². The molecule has 0 bridgehead atoms. The monoisotopic (exact) mass is 1710 g/mol. The topological polar surface area (TPSA) is 155 Å². The molecule has 12 nitrogen and oxygen atoms in total. The number of rotatable bonds is 20. The van der Waals surface area contributed by atoms with Gasteiger partial charge in [0, 0.05) is 68.2 Å². The van der Waals surface area contributed by atoms with Gasteiger partial charge >= 0.3 is 0 Å². The Morgan fingerprint density at radius 1 is 0.114 bits per heavy atom. The molecule has 20 rings (SSSR count). The maximum absolute atomic E-state index is 4.96. The van der Waals surface area contributed by atoms with Crippen LogP contribution in [0.1, 0.15) is 102 Å². The van der Waals surface area contributed by atoms with E-state index in [4.69, 9.17) is 59.8 Å². The average Bonchev–Trinajstić information content (AvgIpc) is 0.806. The van der Waals surface area contributed by atoms with Crippen molar-refractivity contribution in [1.82, 2.24) is 59.8 Å². The van der Waals surface area contributed by atoms with Gasteiger partial charge in [-0.1, -0.05) is 468 Å². The van der Waals surface area contributed by atoms with Gasteiger partial charge in [-0.2, -0.15) is 0 Å². The summed E-state index contributed by atoms with van der Waals surface area (Å²) in [5.74, 6) is 9.57. The number of hydrogen-bond acceptors (Lipinski definition) is 12. The third kappa shape index (κ3) is 21.7. The zero-order chi connectivity index (χ0) is 90.5. The van der Waals surface area contributed by atoms with Crippen LogP contribution < -0.4 is 0 Å². The standard InChI is InChI=1S/4C30H25N3/c1-21(2)28-31-29(26-17-9-15-24(19-26)22-11-5-3-6-12-22)33-30(32-28)27-18-10-16-25(20-27)23-13-7-4-8-14-23;1-21(2)28-31-29(25-17-11-16-24(20-25)22-12-5-3-6-13-22)33-30(32-28)27-19-10-9-18-26(27)23-14-7-4-8-15-23;1-21(2)28-31-29(25-19-17-23(18-20-25)22-11-5-3-6-12-22)33-30(32-28)27-16-10-9-15-26(27)24-13-7-4-8-14-24;1-21(2)28-31-29(25-18-16-24(17-19-25)22-10-5-3-6-11-22)33-30(32-28)27-15-9-14-26(20-27)23-12-7-4-8-13-23/h4*3-21H,1-2H3. The Morgan fingerprint density at radius 3 is 0.492 bits per heavy atom. The van der Waals surface area contributed by atoms with Crippen LogP contribution in [0.4, 0.5) is 0 Å². The number of hydrogen-bond donors (Lipinski definition) is 0. The van der Waals surface area contributed by atoms with Gasteiger partial charge in [0.25, 0.3) is 0 Å². The molecule has 0 fully saturated rings.